The summed E-state index contributed by atoms with van der Waals surface area (Å²) in [5.41, 5.74) is 0.180. The molecule has 1 aromatic rings. The summed E-state index contributed by atoms with van der Waals surface area (Å²) in [4.78, 5) is 11.0. The molecule has 112 valence electrons. The number of hydrogen-bond donors (Lipinski definition) is 2. The van der Waals surface area contributed by atoms with Crippen LogP contribution in [0.5, 0.6) is 0 Å². The van der Waals surface area contributed by atoms with E-state index in [0.717, 1.165) is 13.0 Å². The van der Waals surface area contributed by atoms with Crippen molar-refractivity contribution < 1.29 is 9.90 Å². The molecule has 0 amide bonds. The number of carbonyl (C=O) groups is 1. The second-order valence-electron chi connectivity index (χ2n) is 5.00. The molecule has 5 nitrogen and oxygen atoms in total. The topological polar surface area (TPSA) is 75.1 Å². The van der Waals surface area contributed by atoms with Crippen molar-refractivity contribution in [3.63, 3.8) is 0 Å². The minimum atomic E-state index is -0.974. The van der Waals surface area contributed by atoms with E-state index in [0.29, 0.717) is 5.82 Å². The van der Waals surface area contributed by atoms with Crippen LogP contribution in [0.15, 0.2) is 12.3 Å². The zero-order chi connectivity index (χ0) is 14.6. The van der Waals surface area contributed by atoms with Crippen LogP contribution in [0, 0.1) is 0 Å². The molecule has 5 heteroatoms. The smallest absolute Gasteiger partial charge is 0.339 e. The van der Waals surface area contributed by atoms with E-state index in [1.54, 1.807) is 0 Å². The maximum Gasteiger partial charge on any atom is 0.339 e. The third kappa shape index (κ3) is 6.50. The summed E-state index contributed by atoms with van der Waals surface area (Å²) in [6.07, 6.45) is 11.4. The molecule has 0 aromatic carbocycles. The fourth-order valence-corrected chi connectivity index (χ4v) is 2.10. The van der Waals surface area contributed by atoms with Crippen LogP contribution in [0.3, 0.4) is 0 Å². The van der Waals surface area contributed by atoms with Crippen LogP contribution >= 0.6 is 0 Å². The molecule has 0 saturated heterocycles. The Hall–Kier alpha value is -1.65. The lowest BCUT2D eigenvalue weighted by Crippen LogP contribution is -2.10. The number of rotatable bonds is 11. The third-order valence-electron chi connectivity index (χ3n) is 3.27. The second-order valence-corrected chi connectivity index (χ2v) is 5.00. The quantitative estimate of drug-likeness (QED) is 0.604. The minimum absolute atomic E-state index is 0.180. The first-order valence-corrected chi connectivity index (χ1v) is 7.54. The van der Waals surface area contributed by atoms with Crippen molar-refractivity contribution in [2.75, 3.05) is 11.9 Å². The van der Waals surface area contributed by atoms with Crippen LogP contribution in [-0.2, 0) is 0 Å². The van der Waals surface area contributed by atoms with Gasteiger partial charge in [-0.15, -0.1) is 5.10 Å². The van der Waals surface area contributed by atoms with Gasteiger partial charge in [-0.1, -0.05) is 51.9 Å². The first-order valence-electron chi connectivity index (χ1n) is 7.54. The van der Waals surface area contributed by atoms with Gasteiger partial charge in [-0.2, -0.15) is 5.10 Å². The van der Waals surface area contributed by atoms with E-state index in [2.05, 4.69) is 22.4 Å². The highest BCUT2D eigenvalue weighted by molar-refractivity contribution is 5.92. The average Bonchev–Trinajstić information content (AvgIpc) is 2.46. The van der Waals surface area contributed by atoms with Gasteiger partial charge in [0, 0.05) is 6.54 Å². The van der Waals surface area contributed by atoms with Crippen molar-refractivity contribution in [3.05, 3.63) is 17.8 Å². The zero-order valence-corrected chi connectivity index (χ0v) is 12.3. The number of nitrogens with zero attached hydrogens (tertiary/aromatic N) is 2. The SMILES string of the molecule is CCCCCCCCCCNc1nnccc1C(=O)O. The number of nitrogens with one attached hydrogen (secondary N) is 1. The average molecular weight is 279 g/mol. The zero-order valence-electron chi connectivity index (χ0n) is 12.3. The van der Waals surface area contributed by atoms with Crippen molar-refractivity contribution in [2.45, 2.75) is 58.3 Å². The van der Waals surface area contributed by atoms with Gasteiger partial charge in [0.1, 0.15) is 5.56 Å². The van der Waals surface area contributed by atoms with Gasteiger partial charge in [-0.3, -0.25) is 0 Å². The van der Waals surface area contributed by atoms with Gasteiger partial charge in [0.05, 0.1) is 6.20 Å². The third-order valence-corrected chi connectivity index (χ3v) is 3.27. The lowest BCUT2D eigenvalue weighted by molar-refractivity contribution is 0.0697. The van der Waals surface area contributed by atoms with Gasteiger partial charge < -0.3 is 10.4 Å². The van der Waals surface area contributed by atoms with Gasteiger partial charge in [0.2, 0.25) is 0 Å². The molecular weight excluding hydrogens is 254 g/mol. The Kier molecular flexibility index (Phi) is 8.35. The largest absolute Gasteiger partial charge is 0.478 e. The summed E-state index contributed by atoms with van der Waals surface area (Å²) in [7, 11) is 0. The second kappa shape index (κ2) is 10.2. The van der Waals surface area contributed by atoms with Gasteiger partial charge in [0.15, 0.2) is 5.82 Å². The van der Waals surface area contributed by atoms with Crippen molar-refractivity contribution >= 4 is 11.8 Å². The molecule has 2 N–H and O–H groups in total. The molecule has 0 aliphatic carbocycles. The Labute approximate surface area is 120 Å². The lowest BCUT2D eigenvalue weighted by Gasteiger charge is -2.07. The van der Waals surface area contributed by atoms with Crippen LogP contribution < -0.4 is 5.32 Å². The van der Waals surface area contributed by atoms with Crippen LogP contribution in [0.2, 0.25) is 0 Å². The predicted octanol–water partition coefficient (Wildman–Crippen LogP) is 3.73. The molecule has 0 fully saturated rings. The Morgan fingerprint density at radius 2 is 1.80 bits per heavy atom. The normalized spacial score (nSPS) is 10.4. The molecule has 1 rings (SSSR count). The van der Waals surface area contributed by atoms with E-state index in [9.17, 15) is 4.79 Å². The van der Waals surface area contributed by atoms with E-state index < -0.39 is 5.97 Å². The fourth-order valence-electron chi connectivity index (χ4n) is 2.10. The standard InChI is InChI=1S/C15H25N3O2/c1-2-3-4-5-6-7-8-9-11-16-14-13(15(19)20)10-12-17-18-14/h10,12H,2-9,11H2,1H3,(H,16,18)(H,19,20). The summed E-state index contributed by atoms with van der Waals surface area (Å²) in [5, 5.41) is 19.6. The van der Waals surface area contributed by atoms with Crippen LogP contribution in [0.25, 0.3) is 0 Å². The number of aromatic carboxylic acids is 1. The highest BCUT2D eigenvalue weighted by Crippen LogP contribution is 2.11. The van der Waals surface area contributed by atoms with Crippen LogP contribution in [0.1, 0.15) is 68.6 Å². The first kappa shape index (κ1) is 16.4. The molecule has 0 aliphatic rings. The minimum Gasteiger partial charge on any atom is -0.478 e. The number of unbranched alkanes of at least 4 members (excludes halogenated alkanes) is 7. The van der Waals surface area contributed by atoms with Crippen molar-refractivity contribution in [2.24, 2.45) is 0 Å². The van der Waals surface area contributed by atoms with Crippen LogP contribution in [0.4, 0.5) is 5.82 Å². The summed E-state index contributed by atoms with van der Waals surface area (Å²) in [5.74, 6) is -0.610. The Morgan fingerprint density at radius 1 is 1.15 bits per heavy atom. The van der Waals surface area contributed by atoms with Gasteiger partial charge in [-0.25, -0.2) is 4.79 Å². The molecule has 0 atom stereocenters. The number of carboxylic acid groups (broad SMARTS) is 1. The first-order chi connectivity index (χ1) is 9.75. The molecule has 1 heterocycles. The number of hydrogen-bond acceptors (Lipinski definition) is 4. The summed E-state index contributed by atoms with van der Waals surface area (Å²) in [6, 6.07) is 1.46. The molecule has 0 spiro atoms. The molecular formula is C15H25N3O2. The van der Waals surface area contributed by atoms with Gasteiger partial charge >= 0.3 is 5.97 Å². The fraction of sp³-hybridized carbons (Fsp3) is 0.667. The molecule has 0 saturated carbocycles. The maximum absolute atomic E-state index is 11.0. The summed E-state index contributed by atoms with van der Waals surface area (Å²) in [6.45, 7) is 2.97. The molecule has 0 bridgehead atoms. The summed E-state index contributed by atoms with van der Waals surface area (Å²) >= 11 is 0. The van der Waals surface area contributed by atoms with Crippen LogP contribution in [-0.4, -0.2) is 27.8 Å². The Balaban J connectivity index is 2.11. The van der Waals surface area contributed by atoms with Gasteiger partial charge in [0.25, 0.3) is 0 Å². The van der Waals surface area contributed by atoms with E-state index in [4.69, 9.17) is 5.11 Å². The monoisotopic (exact) mass is 279 g/mol. The Bertz CT molecular complexity index is 396. The highest BCUT2D eigenvalue weighted by Gasteiger charge is 2.10. The van der Waals surface area contributed by atoms with E-state index in [1.807, 2.05) is 0 Å². The van der Waals surface area contributed by atoms with Gasteiger partial charge in [-0.05, 0) is 12.5 Å². The highest BCUT2D eigenvalue weighted by atomic mass is 16.4. The molecule has 0 unspecified atom stereocenters. The van der Waals surface area contributed by atoms with Crippen molar-refractivity contribution in [1.29, 1.82) is 0 Å². The molecule has 1 aromatic heterocycles. The van der Waals surface area contributed by atoms with E-state index >= 15 is 0 Å². The Morgan fingerprint density at radius 3 is 2.45 bits per heavy atom. The van der Waals surface area contributed by atoms with E-state index in [-0.39, 0.29) is 5.56 Å². The van der Waals surface area contributed by atoms with E-state index in [1.165, 1.54) is 57.2 Å². The number of aromatic nitrogens is 2. The van der Waals surface area contributed by atoms with Crippen molar-refractivity contribution in [3.8, 4) is 0 Å². The number of carboxylic acids is 1. The predicted molar refractivity (Wildman–Crippen MR) is 80.1 cm³/mol. The number of anilines is 1. The molecule has 0 aliphatic heterocycles. The van der Waals surface area contributed by atoms with Crippen molar-refractivity contribution in [1.82, 2.24) is 10.2 Å². The molecule has 20 heavy (non-hydrogen) atoms. The lowest BCUT2D eigenvalue weighted by atomic mass is 10.1. The summed E-state index contributed by atoms with van der Waals surface area (Å²) < 4.78 is 0. The molecule has 0 radical (unpaired) electrons. The maximum atomic E-state index is 11.0.